The molecule has 0 saturated carbocycles. The Morgan fingerprint density at radius 2 is 1.50 bits per heavy atom. The Bertz CT molecular complexity index is 572. The fourth-order valence-electron chi connectivity index (χ4n) is 2.20. The smallest absolute Gasteiger partial charge is 0.0846 e. The van der Waals surface area contributed by atoms with Crippen molar-refractivity contribution in [3.63, 3.8) is 0 Å². The van der Waals surface area contributed by atoms with Crippen LogP contribution in [0.2, 0.25) is 0 Å². The third-order valence-electron chi connectivity index (χ3n) is 3.25. The lowest BCUT2D eigenvalue weighted by atomic mass is 9.89. The van der Waals surface area contributed by atoms with Gasteiger partial charge in [0.2, 0.25) is 0 Å². The van der Waals surface area contributed by atoms with Crippen molar-refractivity contribution in [2.24, 2.45) is 0 Å². The van der Waals surface area contributed by atoms with Gasteiger partial charge in [0, 0.05) is 0 Å². The molecule has 18 heavy (non-hydrogen) atoms. The van der Waals surface area contributed by atoms with E-state index >= 15 is 0 Å². The van der Waals surface area contributed by atoms with Crippen LogP contribution >= 0.6 is 0 Å². The van der Waals surface area contributed by atoms with Crippen LogP contribution in [0.5, 0.6) is 0 Å². The molecular formula is C16H20O2. The summed E-state index contributed by atoms with van der Waals surface area (Å²) in [7, 11) is 0. The Balaban J connectivity index is 2.68. The molecule has 0 aliphatic heterocycles. The van der Waals surface area contributed by atoms with E-state index in [1.807, 2.05) is 36.4 Å². The molecule has 0 aliphatic carbocycles. The molecule has 96 valence electrons. The maximum absolute atomic E-state index is 10.2. The van der Waals surface area contributed by atoms with E-state index in [2.05, 4.69) is 0 Å². The third kappa shape index (κ3) is 2.40. The Morgan fingerprint density at radius 3 is 2.06 bits per heavy atom. The van der Waals surface area contributed by atoms with Crippen LogP contribution in [0.15, 0.2) is 36.4 Å². The minimum Gasteiger partial charge on any atom is -0.386 e. The van der Waals surface area contributed by atoms with Crippen LogP contribution < -0.4 is 0 Å². The second-order valence-corrected chi connectivity index (χ2v) is 5.86. The van der Waals surface area contributed by atoms with E-state index in [0.29, 0.717) is 0 Å². The largest absolute Gasteiger partial charge is 0.386 e. The summed E-state index contributed by atoms with van der Waals surface area (Å²) in [5.41, 5.74) is 0.0690. The maximum atomic E-state index is 10.2. The molecule has 0 radical (unpaired) electrons. The zero-order valence-electron chi connectivity index (χ0n) is 11.4. The van der Waals surface area contributed by atoms with Crippen molar-refractivity contribution in [2.45, 2.75) is 38.9 Å². The van der Waals surface area contributed by atoms with Crippen LogP contribution in [-0.2, 0) is 11.2 Å². The first-order valence-corrected chi connectivity index (χ1v) is 6.18. The Hall–Kier alpha value is -1.38. The average molecular weight is 244 g/mol. The Kier molecular flexibility index (Phi) is 2.96. The highest BCUT2D eigenvalue weighted by molar-refractivity contribution is 5.87. The van der Waals surface area contributed by atoms with Gasteiger partial charge in [0.15, 0.2) is 0 Å². The summed E-state index contributed by atoms with van der Waals surface area (Å²) in [6, 6.07) is 11.7. The summed E-state index contributed by atoms with van der Waals surface area (Å²) in [4.78, 5) is 0. The lowest BCUT2D eigenvalue weighted by Gasteiger charge is -2.22. The van der Waals surface area contributed by atoms with E-state index in [-0.39, 0.29) is 0 Å². The van der Waals surface area contributed by atoms with Gasteiger partial charge in [0.1, 0.15) is 0 Å². The van der Waals surface area contributed by atoms with Gasteiger partial charge in [-0.25, -0.2) is 0 Å². The monoisotopic (exact) mass is 244 g/mol. The van der Waals surface area contributed by atoms with E-state index < -0.39 is 11.2 Å². The van der Waals surface area contributed by atoms with E-state index in [1.54, 1.807) is 27.7 Å². The fraction of sp³-hybridized carbons (Fsp3) is 0.375. The van der Waals surface area contributed by atoms with E-state index in [4.69, 9.17) is 0 Å². The minimum absolute atomic E-state index is 0.848. The van der Waals surface area contributed by atoms with Crippen LogP contribution in [0.3, 0.4) is 0 Å². The van der Waals surface area contributed by atoms with Gasteiger partial charge < -0.3 is 10.2 Å². The zero-order valence-corrected chi connectivity index (χ0v) is 11.4. The predicted molar refractivity (Wildman–Crippen MR) is 74.4 cm³/mol. The van der Waals surface area contributed by atoms with Gasteiger partial charge in [-0.05, 0) is 55.7 Å². The van der Waals surface area contributed by atoms with Crippen molar-refractivity contribution in [1.82, 2.24) is 0 Å². The number of hydrogen-bond acceptors (Lipinski definition) is 2. The zero-order chi connectivity index (χ0) is 13.6. The van der Waals surface area contributed by atoms with Crippen molar-refractivity contribution in [3.05, 3.63) is 47.5 Å². The predicted octanol–water partition coefficient (Wildman–Crippen LogP) is 3.29. The number of rotatable bonds is 2. The van der Waals surface area contributed by atoms with Gasteiger partial charge in [0.05, 0.1) is 11.2 Å². The standard InChI is InChI=1S/C16H20O2/c1-15(2,17)12-8-9-13-11(10-12)6-5-7-14(13)16(3,4)18/h5-10,17-18H,1-4H3. The molecule has 0 saturated heterocycles. The summed E-state index contributed by atoms with van der Waals surface area (Å²) in [5.74, 6) is 0. The Morgan fingerprint density at radius 1 is 0.833 bits per heavy atom. The molecule has 0 spiro atoms. The summed E-state index contributed by atoms with van der Waals surface area (Å²) < 4.78 is 0. The van der Waals surface area contributed by atoms with Gasteiger partial charge >= 0.3 is 0 Å². The number of hydrogen-bond donors (Lipinski definition) is 2. The van der Waals surface area contributed by atoms with Gasteiger partial charge in [0.25, 0.3) is 0 Å². The maximum Gasteiger partial charge on any atom is 0.0846 e. The highest BCUT2D eigenvalue weighted by atomic mass is 16.3. The van der Waals surface area contributed by atoms with Crippen molar-refractivity contribution in [2.75, 3.05) is 0 Å². The first-order chi connectivity index (χ1) is 8.19. The minimum atomic E-state index is -0.865. The summed E-state index contributed by atoms with van der Waals surface area (Å²) >= 11 is 0. The molecule has 0 heterocycles. The number of fused-ring (bicyclic) bond motifs is 1. The summed E-state index contributed by atoms with van der Waals surface area (Å²) in [5, 5.41) is 22.3. The normalized spacial score (nSPS) is 13.0. The van der Waals surface area contributed by atoms with E-state index in [0.717, 1.165) is 21.9 Å². The van der Waals surface area contributed by atoms with Crippen molar-refractivity contribution in [3.8, 4) is 0 Å². The quantitative estimate of drug-likeness (QED) is 0.851. The second-order valence-electron chi connectivity index (χ2n) is 5.86. The number of benzene rings is 2. The molecule has 2 aromatic rings. The highest BCUT2D eigenvalue weighted by Crippen LogP contribution is 2.31. The molecule has 2 nitrogen and oxygen atoms in total. The number of aliphatic hydroxyl groups is 2. The molecular weight excluding hydrogens is 224 g/mol. The van der Waals surface area contributed by atoms with Crippen LogP contribution in [0.1, 0.15) is 38.8 Å². The van der Waals surface area contributed by atoms with Gasteiger partial charge in [-0.2, -0.15) is 0 Å². The van der Waals surface area contributed by atoms with Crippen LogP contribution in [0.25, 0.3) is 10.8 Å². The summed E-state index contributed by atoms with van der Waals surface area (Å²) in [6.45, 7) is 7.11. The van der Waals surface area contributed by atoms with Crippen molar-refractivity contribution in [1.29, 1.82) is 0 Å². The van der Waals surface area contributed by atoms with Gasteiger partial charge in [-0.1, -0.05) is 30.3 Å². The first kappa shape index (κ1) is 13.1. The lowest BCUT2D eigenvalue weighted by molar-refractivity contribution is 0.0787. The van der Waals surface area contributed by atoms with Crippen LogP contribution in [0.4, 0.5) is 0 Å². The molecule has 0 atom stereocenters. The van der Waals surface area contributed by atoms with Gasteiger partial charge in [-0.3, -0.25) is 0 Å². The third-order valence-corrected chi connectivity index (χ3v) is 3.25. The topological polar surface area (TPSA) is 40.5 Å². The lowest BCUT2D eigenvalue weighted by Crippen LogP contribution is -2.17. The molecule has 0 fully saturated rings. The molecule has 0 bridgehead atoms. The van der Waals surface area contributed by atoms with E-state index in [9.17, 15) is 10.2 Å². The van der Waals surface area contributed by atoms with Crippen molar-refractivity contribution >= 4 is 10.8 Å². The molecule has 2 heteroatoms. The highest BCUT2D eigenvalue weighted by Gasteiger charge is 2.20. The van der Waals surface area contributed by atoms with Crippen molar-refractivity contribution < 1.29 is 10.2 Å². The molecule has 2 N–H and O–H groups in total. The molecule has 0 amide bonds. The van der Waals surface area contributed by atoms with E-state index in [1.165, 1.54) is 0 Å². The SMILES string of the molecule is CC(C)(O)c1ccc2c(C(C)(C)O)cccc2c1. The molecule has 2 aromatic carbocycles. The van der Waals surface area contributed by atoms with Gasteiger partial charge in [-0.15, -0.1) is 0 Å². The van der Waals surface area contributed by atoms with Crippen LogP contribution in [0, 0.1) is 0 Å². The Labute approximate surface area is 108 Å². The molecule has 0 unspecified atom stereocenters. The first-order valence-electron chi connectivity index (χ1n) is 6.18. The molecule has 0 aliphatic rings. The summed E-state index contributed by atoms with van der Waals surface area (Å²) in [6.07, 6.45) is 0. The average Bonchev–Trinajstić information content (AvgIpc) is 2.25. The fourth-order valence-corrected chi connectivity index (χ4v) is 2.20. The molecule has 2 rings (SSSR count). The molecule has 0 aromatic heterocycles. The second kappa shape index (κ2) is 4.08. The van der Waals surface area contributed by atoms with Crippen LogP contribution in [-0.4, -0.2) is 10.2 Å².